The Kier molecular flexibility index (Phi) is 5.37. The number of carbonyl (C=O) groups is 2. The van der Waals surface area contributed by atoms with Crippen molar-refractivity contribution in [2.75, 3.05) is 31.8 Å². The van der Waals surface area contributed by atoms with Crippen LogP contribution in [-0.4, -0.2) is 43.5 Å². The van der Waals surface area contributed by atoms with E-state index in [-0.39, 0.29) is 12.5 Å². The lowest BCUT2D eigenvalue weighted by atomic mass is 10.1. The molecule has 1 atom stereocenters. The van der Waals surface area contributed by atoms with E-state index in [1.54, 1.807) is 40.1 Å². The molecule has 0 aliphatic heterocycles. The molecule has 0 aromatic heterocycles. The average molecular weight is 279 g/mol. The lowest BCUT2D eigenvalue weighted by molar-refractivity contribution is -0.129. The molecule has 0 aliphatic carbocycles. The number of anilines is 2. The molecule has 0 heterocycles. The minimum atomic E-state index is -0.466. The van der Waals surface area contributed by atoms with Gasteiger partial charge in [-0.2, -0.15) is 0 Å². The van der Waals surface area contributed by atoms with Crippen LogP contribution in [0.1, 0.15) is 24.2 Å². The summed E-state index contributed by atoms with van der Waals surface area (Å²) in [6, 6.07) is 4.41. The maximum Gasteiger partial charge on any atom is 0.340 e. The van der Waals surface area contributed by atoms with Crippen LogP contribution in [0.5, 0.6) is 0 Å². The Bertz CT molecular complexity index is 500. The summed E-state index contributed by atoms with van der Waals surface area (Å²) in [5.41, 5.74) is 7.01. The number of nitrogens with one attached hydrogen (secondary N) is 1. The first kappa shape index (κ1) is 15.8. The summed E-state index contributed by atoms with van der Waals surface area (Å²) >= 11 is 0. The van der Waals surface area contributed by atoms with Crippen molar-refractivity contribution >= 4 is 23.3 Å². The first-order valence-corrected chi connectivity index (χ1v) is 6.41. The number of rotatable bonds is 5. The van der Waals surface area contributed by atoms with E-state index in [9.17, 15) is 9.59 Å². The summed E-state index contributed by atoms with van der Waals surface area (Å²) in [6.07, 6.45) is 0. The molecule has 3 N–H and O–H groups in total. The van der Waals surface area contributed by atoms with Crippen LogP contribution in [0.3, 0.4) is 0 Å². The van der Waals surface area contributed by atoms with Crippen LogP contribution in [0.4, 0.5) is 11.4 Å². The van der Waals surface area contributed by atoms with Gasteiger partial charge in [-0.15, -0.1) is 0 Å². The molecule has 0 saturated carbocycles. The number of esters is 1. The van der Waals surface area contributed by atoms with Crippen molar-refractivity contribution in [3.05, 3.63) is 23.8 Å². The minimum absolute atomic E-state index is 0.0865. The summed E-state index contributed by atoms with van der Waals surface area (Å²) in [6.45, 7) is 3.74. The molecule has 1 unspecified atom stereocenters. The van der Waals surface area contributed by atoms with E-state index in [1.807, 2.05) is 0 Å². The summed E-state index contributed by atoms with van der Waals surface area (Å²) in [5, 5.41) is 3.01. The highest BCUT2D eigenvalue weighted by atomic mass is 16.5. The number of nitrogens with two attached hydrogens (primary N) is 1. The SMILES string of the molecule is CCOC(=O)c1cc(N)ccc1NC(C)C(=O)N(C)C. The zero-order valence-electron chi connectivity index (χ0n) is 12.3. The second-order valence-corrected chi connectivity index (χ2v) is 4.62. The lowest BCUT2D eigenvalue weighted by Crippen LogP contribution is -2.37. The molecule has 110 valence electrons. The third kappa shape index (κ3) is 3.88. The number of ether oxygens (including phenoxy) is 1. The van der Waals surface area contributed by atoms with E-state index >= 15 is 0 Å². The molecule has 0 saturated heterocycles. The van der Waals surface area contributed by atoms with Crippen LogP contribution in [0, 0.1) is 0 Å². The monoisotopic (exact) mass is 279 g/mol. The Labute approximate surface area is 118 Å². The third-order valence-corrected chi connectivity index (χ3v) is 2.72. The molecule has 1 aromatic rings. The highest BCUT2D eigenvalue weighted by Crippen LogP contribution is 2.21. The first-order valence-electron chi connectivity index (χ1n) is 6.41. The predicted molar refractivity (Wildman–Crippen MR) is 78.6 cm³/mol. The minimum Gasteiger partial charge on any atom is -0.462 e. The Hall–Kier alpha value is -2.24. The number of hydrogen-bond donors (Lipinski definition) is 2. The summed E-state index contributed by atoms with van der Waals surface area (Å²) in [4.78, 5) is 25.2. The maximum atomic E-state index is 11.9. The van der Waals surface area contributed by atoms with Crippen molar-refractivity contribution in [3.8, 4) is 0 Å². The van der Waals surface area contributed by atoms with E-state index < -0.39 is 12.0 Å². The van der Waals surface area contributed by atoms with Gasteiger partial charge in [0.05, 0.1) is 12.2 Å². The van der Waals surface area contributed by atoms with Gasteiger partial charge in [-0.25, -0.2) is 4.79 Å². The second kappa shape index (κ2) is 6.79. The second-order valence-electron chi connectivity index (χ2n) is 4.62. The Morgan fingerprint density at radius 3 is 2.60 bits per heavy atom. The van der Waals surface area contributed by atoms with Gasteiger partial charge >= 0.3 is 5.97 Å². The molecule has 0 fully saturated rings. The van der Waals surface area contributed by atoms with Crippen LogP contribution >= 0.6 is 0 Å². The number of nitrogen functional groups attached to an aromatic ring is 1. The molecule has 0 spiro atoms. The number of nitrogens with zero attached hydrogens (tertiary/aromatic N) is 1. The fourth-order valence-corrected chi connectivity index (χ4v) is 1.75. The smallest absolute Gasteiger partial charge is 0.340 e. The predicted octanol–water partition coefficient (Wildman–Crippen LogP) is 1.33. The van der Waals surface area contributed by atoms with Crippen LogP contribution < -0.4 is 11.1 Å². The normalized spacial score (nSPS) is 11.6. The van der Waals surface area contributed by atoms with Crippen molar-refractivity contribution in [1.29, 1.82) is 0 Å². The molecule has 1 amide bonds. The fraction of sp³-hybridized carbons (Fsp3) is 0.429. The molecule has 0 radical (unpaired) electrons. The molecule has 1 aromatic carbocycles. The van der Waals surface area contributed by atoms with Crippen molar-refractivity contribution in [2.45, 2.75) is 19.9 Å². The van der Waals surface area contributed by atoms with Gasteiger partial charge in [0, 0.05) is 25.5 Å². The molecule has 20 heavy (non-hydrogen) atoms. The first-order chi connectivity index (χ1) is 9.36. The van der Waals surface area contributed by atoms with Crippen LogP contribution in [0.2, 0.25) is 0 Å². The van der Waals surface area contributed by atoms with Gasteiger partial charge in [-0.3, -0.25) is 4.79 Å². The average Bonchev–Trinajstić information content (AvgIpc) is 2.39. The van der Waals surface area contributed by atoms with Crippen LogP contribution in [0.15, 0.2) is 18.2 Å². The lowest BCUT2D eigenvalue weighted by Gasteiger charge is -2.20. The Morgan fingerprint density at radius 1 is 1.40 bits per heavy atom. The standard InChI is InChI=1S/C14H21N3O3/c1-5-20-14(19)11-8-10(15)6-7-12(11)16-9(2)13(18)17(3)4/h6-9,16H,5,15H2,1-4H3. The third-order valence-electron chi connectivity index (χ3n) is 2.72. The van der Waals surface area contributed by atoms with Gasteiger partial charge in [0.2, 0.25) is 5.91 Å². The number of hydrogen-bond acceptors (Lipinski definition) is 5. The van der Waals surface area contributed by atoms with Crippen molar-refractivity contribution in [2.24, 2.45) is 0 Å². The quantitative estimate of drug-likeness (QED) is 0.627. The molecule has 0 aliphatic rings. The molecule has 6 heteroatoms. The highest BCUT2D eigenvalue weighted by molar-refractivity contribution is 5.97. The van der Waals surface area contributed by atoms with Crippen LogP contribution in [0.25, 0.3) is 0 Å². The number of benzene rings is 1. The zero-order valence-corrected chi connectivity index (χ0v) is 12.3. The largest absolute Gasteiger partial charge is 0.462 e. The van der Waals surface area contributed by atoms with Crippen molar-refractivity contribution < 1.29 is 14.3 Å². The van der Waals surface area contributed by atoms with E-state index in [1.165, 1.54) is 11.0 Å². The highest BCUT2D eigenvalue weighted by Gasteiger charge is 2.19. The van der Waals surface area contributed by atoms with E-state index in [0.717, 1.165) is 0 Å². The van der Waals surface area contributed by atoms with Gasteiger partial charge in [-0.05, 0) is 32.0 Å². The summed E-state index contributed by atoms with van der Waals surface area (Å²) < 4.78 is 4.98. The number of likely N-dealkylation sites (N-methyl/N-ethyl adjacent to an activating group) is 1. The van der Waals surface area contributed by atoms with E-state index in [0.29, 0.717) is 16.9 Å². The zero-order chi connectivity index (χ0) is 15.3. The number of carbonyl (C=O) groups excluding carboxylic acids is 2. The van der Waals surface area contributed by atoms with E-state index in [4.69, 9.17) is 10.5 Å². The van der Waals surface area contributed by atoms with E-state index in [2.05, 4.69) is 5.32 Å². The van der Waals surface area contributed by atoms with Gasteiger partial charge in [0.15, 0.2) is 0 Å². The molecular weight excluding hydrogens is 258 g/mol. The molecule has 6 nitrogen and oxygen atoms in total. The topological polar surface area (TPSA) is 84.7 Å². The molecule has 0 bridgehead atoms. The Balaban J connectivity index is 3.00. The summed E-state index contributed by atoms with van der Waals surface area (Å²) in [5.74, 6) is -0.552. The van der Waals surface area contributed by atoms with Gasteiger partial charge in [0.25, 0.3) is 0 Å². The number of amides is 1. The Morgan fingerprint density at radius 2 is 2.05 bits per heavy atom. The van der Waals surface area contributed by atoms with Gasteiger partial charge < -0.3 is 20.7 Å². The van der Waals surface area contributed by atoms with Crippen molar-refractivity contribution in [3.63, 3.8) is 0 Å². The fourth-order valence-electron chi connectivity index (χ4n) is 1.75. The van der Waals surface area contributed by atoms with Crippen molar-refractivity contribution in [1.82, 2.24) is 4.90 Å². The molecule has 1 rings (SSSR count). The maximum absolute atomic E-state index is 11.9. The van der Waals surface area contributed by atoms with Crippen LogP contribution in [-0.2, 0) is 9.53 Å². The van der Waals surface area contributed by atoms with Gasteiger partial charge in [-0.1, -0.05) is 0 Å². The van der Waals surface area contributed by atoms with Gasteiger partial charge in [0.1, 0.15) is 6.04 Å². The molecular formula is C14H21N3O3. The summed E-state index contributed by atoms with van der Waals surface area (Å²) in [7, 11) is 3.35.